The quantitative estimate of drug-likeness (QED) is 0.568. The summed E-state index contributed by atoms with van der Waals surface area (Å²) in [6.07, 6.45) is 1.10. The Bertz CT molecular complexity index is 1070. The van der Waals surface area contributed by atoms with Gasteiger partial charge in [-0.25, -0.2) is 9.37 Å². The third-order valence-electron chi connectivity index (χ3n) is 5.25. The van der Waals surface area contributed by atoms with E-state index in [0.717, 1.165) is 5.70 Å². The van der Waals surface area contributed by atoms with Crippen LogP contribution in [0.1, 0.15) is 57.6 Å². The summed E-state index contributed by atoms with van der Waals surface area (Å²) in [5, 5.41) is 4.09. The van der Waals surface area contributed by atoms with Gasteiger partial charge >= 0.3 is 0 Å². The predicted octanol–water partition coefficient (Wildman–Crippen LogP) is 4.61. The van der Waals surface area contributed by atoms with Gasteiger partial charge in [-0.1, -0.05) is 51.6 Å². The monoisotopic (exact) mass is 413 g/mol. The number of Topliss-reactive ketones (excluding diaryl/α,β-unsaturated/α-hetero) is 1. The van der Waals surface area contributed by atoms with Crippen LogP contribution in [0.15, 0.2) is 45.5 Å². The summed E-state index contributed by atoms with van der Waals surface area (Å²) in [5.41, 5.74) is 2.09. The van der Waals surface area contributed by atoms with Gasteiger partial charge < -0.3 is 10.3 Å². The number of aromatic nitrogens is 2. The van der Waals surface area contributed by atoms with E-state index in [0.29, 0.717) is 40.5 Å². The molecule has 0 bridgehead atoms. The van der Waals surface area contributed by atoms with Gasteiger partial charge in [0.15, 0.2) is 10.9 Å². The molecule has 2 aromatic rings. The van der Waals surface area contributed by atoms with Crippen molar-refractivity contribution in [3.05, 3.63) is 62.8 Å². The minimum atomic E-state index is -0.556. The summed E-state index contributed by atoms with van der Waals surface area (Å²) in [6, 6.07) is 6.00. The third kappa shape index (κ3) is 3.75. The van der Waals surface area contributed by atoms with Gasteiger partial charge in [-0.15, -0.1) is 0 Å². The van der Waals surface area contributed by atoms with E-state index in [1.807, 2.05) is 13.8 Å². The highest BCUT2D eigenvalue weighted by Gasteiger charge is 2.42. The van der Waals surface area contributed by atoms with Crippen molar-refractivity contribution in [2.24, 2.45) is 5.41 Å². The molecular weight excluding hydrogens is 389 g/mol. The molecule has 7 heteroatoms. The van der Waals surface area contributed by atoms with Crippen molar-refractivity contribution in [1.29, 1.82) is 0 Å². The van der Waals surface area contributed by atoms with Crippen LogP contribution < -0.4 is 10.9 Å². The second-order valence-corrected chi connectivity index (χ2v) is 10.3. The molecule has 4 rings (SSSR count). The lowest BCUT2D eigenvalue weighted by molar-refractivity contribution is -0.118. The fraction of sp³-hybridized carbons (Fsp3) is 0.409. The molecule has 1 atom stereocenters. The summed E-state index contributed by atoms with van der Waals surface area (Å²) < 4.78 is 13.5. The minimum Gasteiger partial charge on any atom is -0.343 e. The number of nitrogens with zero attached hydrogens (tertiary/aromatic N) is 1. The van der Waals surface area contributed by atoms with E-state index in [2.05, 4.69) is 29.1 Å². The number of benzene rings is 1. The molecule has 1 aliphatic carbocycles. The lowest BCUT2D eigenvalue weighted by Crippen LogP contribution is -2.37. The van der Waals surface area contributed by atoms with Crippen molar-refractivity contribution >= 4 is 23.4 Å². The van der Waals surface area contributed by atoms with Crippen LogP contribution >= 0.6 is 11.8 Å². The Morgan fingerprint density at radius 2 is 1.86 bits per heavy atom. The maximum Gasteiger partial charge on any atom is 0.257 e. The van der Waals surface area contributed by atoms with Crippen LogP contribution in [-0.2, 0) is 4.79 Å². The van der Waals surface area contributed by atoms with Crippen LogP contribution in [0.5, 0.6) is 0 Å². The molecule has 5 nitrogen and oxygen atoms in total. The summed E-state index contributed by atoms with van der Waals surface area (Å²) in [5.74, 6) is -0.414. The number of ketones is 1. The van der Waals surface area contributed by atoms with E-state index in [9.17, 15) is 14.0 Å². The number of carbonyl (C=O) groups is 1. The molecule has 0 spiro atoms. The number of carbonyl (C=O) groups excluding carboxylic acids is 1. The number of aromatic amines is 1. The SMILES string of the molecule is CC(C)Sc1nc2c(c(=O)[nH]1)C(c1ccc(F)cc1)C1=C(CC(C)(C)CC1=O)N2. The summed E-state index contributed by atoms with van der Waals surface area (Å²) >= 11 is 1.47. The van der Waals surface area contributed by atoms with Crippen molar-refractivity contribution in [2.45, 2.75) is 56.9 Å². The fourth-order valence-electron chi connectivity index (χ4n) is 4.16. The van der Waals surface area contributed by atoms with Crippen LogP contribution in [-0.4, -0.2) is 21.0 Å². The molecule has 1 aromatic heterocycles. The topological polar surface area (TPSA) is 74.8 Å². The van der Waals surface area contributed by atoms with Crippen molar-refractivity contribution in [2.75, 3.05) is 5.32 Å². The summed E-state index contributed by atoms with van der Waals surface area (Å²) in [4.78, 5) is 33.7. The molecule has 2 N–H and O–H groups in total. The van der Waals surface area contributed by atoms with Gasteiger partial charge in [0.1, 0.15) is 11.6 Å². The first-order valence-electron chi connectivity index (χ1n) is 9.74. The zero-order valence-electron chi connectivity index (χ0n) is 16.9. The molecule has 2 aliphatic rings. The van der Waals surface area contributed by atoms with Gasteiger partial charge in [0, 0.05) is 28.9 Å². The molecule has 1 aromatic carbocycles. The summed E-state index contributed by atoms with van der Waals surface area (Å²) in [7, 11) is 0. The van der Waals surface area contributed by atoms with Crippen LogP contribution in [0.2, 0.25) is 0 Å². The highest BCUT2D eigenvalue weighted by Crippen LogP contribution is 2.47. The lowest BCUT2D eigenvalue weighted by Gasteiger charge is -2.38. The maximum atomic E-state index is 13.5. The standard InChI is InChI=1S/C22H24FN3O2S/c1-11(2)29-21-25-19-18(20(28)26-21)16(12-5-7-13(23)8-6-12)17-14(24-19)9-22(3,4)10-15(17)27/h5-8,11,16H,9-10H2,1-4H3,(H2,24,25,26,28). The van der Waals surface area contributed by atoms with Gasteiger partial charge in [0.2, 0.25) is 0 Å². The van der Waals surface area contributed by atoms with Crippen LogP contribution in [0.4, 0.5) is 10.2 Å². The van der Waals surface area contributed by atoms with Crippen molar-refractivity contribution < 1.29 is 9.18 Å². The Labute approximate surface area is 173 Å². The molecule has 0 saturated carbocycles. The number of nitrogens with one attached hydrogen (secondary N) is 2. The molecule has 0 radical (unpaired) electrons. The smallest absolute Gasteiger partial charge is 0.257 e. The van der Waals surface area contributed by atoms with Gasteiger partial charge in [-0.05, 0) is 29.5 Å². The number of H-pyrrole nitrogens is 1. The summed E-state index contributed by atoms with van der Waals surface area (Å²) in [6.45, 7) is 8.18. The van der Waals surface area contributed by atoms with E-state index < -0.39 is 5.92 Å². The number of hydrogen-bond donors (Lipinski definition) is 2. The molecule has 2 heterocycles. The minimum absolute atomic E-state index is 0.0174. The first kappa shape index (κ1) is 19.9. The number of fused-ring (bicyclic) bond motifs is 1. The highest BCUT2D eigenvalue weighted by atomic mass is 32.2. The largest absolute Gasteiger partial charge is 0.343 e. The van der Waals surface area contributed by atoms with E-state index >= 15 is 0 Å². The molecular formula is C22H24FN3O2S. The van der Waals surface area contributed by atoms with E-state index in [1.54, 1.807) is 12.1 Å². The second-order valence-electron chi connectivity index (χ2n) is 8.74. The van der Waals surface area contributed by atoms with Crippen molar-refractivity contribution in [1.82, 2.24) is 9.97 Å². The van der Waals surface area contributed by atoms with Crippen molar-refractivity contribution in [3.8, 4) is 0 Å². The van der Waals surface area contributed by atoms with Crippen molar-refractivity contribution in [3.63, 3.8) is 0 Å². The number of allylic oxidation sites excluding steroid dienone is 2. The van der Waals surface area contributed by atoms with E-state index in [4.69, 9.17) is 0 Å². The zero-order valence-corrected chi connectivity index (χ0v) is 17.7. The van der Waals surface area contributed by atoms with Gasteiger partial charge in [0.25, 0.3) is 5.56 Å². The van der Waals surface area contributed by atoms with E-state index in [1.165, 1.54) is 23.9 Å². The number of anilines is 1. The Balaban J connectivity index is 1.93. The van der Waals surface area contributed by atoms with Gasteiger partial charge in [-0.2, -0.15) is 0 Å². The predicted molar refractivity (Wildman–Crippen MR) is 113 cm³/mol. The van der Waals surface area contributed by atoms with Crippen LogP contribution in [0.3, 0.4) is 0 Å². The fourth-order valence-corrected chi connectivity index (χ4v) is 4.90. The molecule has 29 heavy (non-hydrogen) atoms. The Morgan fingerprint density at radius 3 is 2.52 bits per heavy atom. The molecule has 0 saturated heterocycles. The zero-order chi connectivity index (χ0) is 20.9. The van der Waals surface area contributed by atoms with Crippen LogP contribution in [0.25, 0.3) is 0 Å². The second kappa shape index (κ2) is 7.13. The maximum absolute atomic E-state index is 13.5. The third-order valence-corrected chi connectivity index (χ3v) is 6.14. The molecule has 1 aliphatic heterocycles. The molecule has 152 valence electrons. The molecule has 1 unspecified atom stereocenters. The Morgan fingerprint density at radius 1 is 1.17 bits per heavy atom. The Kier molecular flexibility index (Phi) is 4.89. The highest BCUT2D eigenvalue weighted by molar-refractivity contribution is 7.99. The Hall–Kier alpha value is -2.41. The normalized spacial score (nSPS) is 20.3. The lowest BCUT2D eigenvalue weighted by atomic mass is 9.69. The number of rotatable bonds is 3. The van der Waals surface area contributed by atoms with Gasteiger partial charge in [-0.3, -0.25) is 9.59 Å². The molecule has 0 fully saturated rings. The molecule has 0 amide bonds. The number of hydrogen-bond acceptors (Lipinski definition) is 5. The first-order valence-corrected chi connectivity index (χ1v) is 10.6. The first-order chi connectivity index (χ1) is 13.6. The number of halogens is 1. The van der Waals surface area contributed by atoms with Crippen LogP contribution in [0, 0.1) is 11.2 Å². The number of thioether (sulfide) groups is 1. The average molecular weight is 414 g/mol. The van der Waals surface area contributed by atoms with Gasteiger partial charge in [0.05, 0.1) is 5.56 Å². The van der Waals surface area contributed by atoms with E-state index in [-0.39, 0.29) is 27.8 Å². The average Bonchev–Trinajstić information content (AvgIpc) is 2.59.